The first-order valence-electron chi connectivity index (χ1n) is 9.20. The molecule has 3 aromatic rings. The minimum absolute atomic E-state index is 0.0501. The number of aromatic nitrogens is 2. The van der Waals surface area contributed by atoms with Gasteiger partial charge in [0.05, 0.1) is 11.8 Å². The molecule has 1 aliphatic rings. The third-order valence-electron chi connectivity index (χ3n) is 5.01. The molecule has 146 valence electrons. The highest BCUT2D eigenvalue weighted by atomic mass is 79.9. The van der Waals surface area contributed by atoms with Crippen molar-refractivity contribution in [3.8, 4) is 6.07 Å². The van der Waals surface area contributed by atoms with Crippen molar-refractivity contribution in [2.24, 2.45) is 5.10 Å². The summed E-state index contributed by atoms with van der Waals surface area (Å²) in [6.07, 6.45) is 5.17. The van der Waals surface area contributed by atoms with Crippen LogP contribution in [-0.2, 0) is 5.54 Å². The molecule has 2 aromatic heterocycles. The molecule has 1 amide bonds. The molecular weight excluding hydrogens is 432 g/mol. The fourth-order valence-electron chi connectivity index (χ4n) is 3.57. The van der Waals surface area contributed by atoms with Crippen LogP contribution in [0.25, 0.3) is 5.52 Å². The van der Waals surface area contributed by atoms with Crippen LogP contribution < -0.4 is 10.3 Å². The average Bonchev–Trinajstić information content (AvgIpc) is 3.15. The number of anilines is 1. The predicted octanol–water partition coefficient (Wildman–Crippen LogP) is 3.81. The number of benzene rings is 1. The topological polar surface area (TPSA) is 85.8 Å². The van der Waals surface area contributed by atoms with Crippen molar-refractivity contribution in [1.82, 2.24) is 14.7 Å². The molecule has 0 spiro atoms. The number of rotatable bonds is 4. The van der Waals surface area contributed by atoms with Crippen molar-refractivity contribution in [3.05, 3.63) is 63.5 Å². The van der Waals surface area contributed by atoms with Gasteiger partial charge in [0.25, 0.3) is 5.91 Å². The Kier molecular flexibility index (Phi) is 4.63. The summed E-state index contributed by atoms with van der Waals surface area (Å²) < 4.78 is 2.58. The van der Waals surface area contributed by atoms with E-state index in [0.717, 1.165) is 21.1 Å². The zero-order valence-corrected chi connectivity index (χ0v) is 17.9. The normalized spacial score (nSPS) is 14.8. The van der Waals surface area contributed by atoms with Crippen LogP contribution in [0, 0.1) is 11.3 Å². The van der Waals surface area contributed by atoms with E-state index >= 15 is 0 Å². The first-order valence-corrected chi connectivity index (χ1v) is 9.99. The van der Waals surface area contributed by atoms with Gasteiger partial charge >= 0.3 is 0 Å². The quantitative estimate of drug-likeness (QED) is 0.483. The lowest BCUT2D eigenvalue weighted by Gasteiger charge is -2.19. The first-order chi connectivity index (χ1) is 13.9. The molecule has 29 heavy (non-hydrogen) atoms. The van der Waals surface area contributed by atoms with Crippen molar-refractivity contribution in [1.29, 1.82) is 5.26 Å². The number of carbonyl (C=O) groups excluding carboxylic acids is 1. The summed E-state index contributed by atoms with van der Waals surface area (Å²) in [5.74, 6) is 0.601. The summed E-state index contributed by atoms with van der Waals surface area (Å²) in [6.45, 7) is 6.55. The van der Waals surface area contributed by atoms with Crippen LogP contribution in [-0.4, -0.2) is 28.1 Å². The third kappa shape index (κ3) is 3.17. The number of nitrogens with zero attached hydrogens (tertiary/aromatic N) is 5. The van der Waals surface area contributed by atoms with Gasteiger partial charge in [0.15, 0.2) is 5.82 Å². The maximum Gasteiger partial charge on any atom is 0.252 e. The average molecular weight is 451 g/mol. The number of fused-ring (bicyclic) bond motifs is 2. The molecule has 0 bridgehead atoms. The van der Waals surface area contributed by atoms with Gasteiger partial charge in [-0.3, -0.25) is 4.79 Å². The van der Waals surface area contributed by atoms with Crippen LogP contribution in [0.3, 0.4) is 0 Å². The second-order valence-electron chi connectivity index (χ2n) is 7.30. The van der Waals surface area contributed by atoms with Gasteiger partial charge in [0.1, 0.15) is 17.3 Å². The van der Waals surface area contributed by atoms with E-state index in [1.54, 1.807) is 34.1 Å². The number of halogens is 1. The predicted molar refractivity (Wildman–Crippen MR) is 115 cm³/mol. The Morgan fingerprint density at radius 3 is 2.93 bits per heavy atom. The molecule has 1 N–H and O–H groups in total. The van der Waals surface area contributed by atoms with Crippen molar-refractivity contribution in [2.45, 2.75) is 26.3 Å². The van der Waals surface area contributed by atoms with E-state index in [9.17, 15) is 10.1 Å². The van der Waals surface area contributed by atoms with E-state index in [4.69, 9.17) is 0 Å². The molecule has 0 aliphatic carbocycles. The van der Waals surface area contributed by atoms with Crippen LogP contribution in [0.4, 0.5) is 5.82 Å². The maximum atomic E-state index is 12.1. The fraction of sp³-hybridized carbons (Fsp3) is 0.238. The smallest absolute Gasteiger partial charge is 0.252 e. The van der Waals surface area contributed by atoms with Gasteiger partial charge < -0.3 is 9.72 Å². The van der Waals surface area contributed by atoms with E-state index in [1.807, 2.05) is 39.0 Å². The Bertz CT molecular complexity index is 1200. The maximum absolute atomic E-state index is 12.1. The van der Waals surface area contributed by atoms with Gasteiger partial charge in [-0.2, -0.15) is 10.4 Å². The Labute approximate surface area is 176 Å². The molecule has 0 atom stereocenters. The monoisotopic (exact) mass is 450 g/mol. The number of carbonyl (C=O) groups is 1. The zero-order chi connectivity index (χ0) is 20.8. The molecule has 0 fully saturated rings. The molecule has 1 aromatic carbocycles. The van der Waals surface area contributed by atoms with E-state index in [2.05, 4.69) is 37.4 Å². The standard InChI is InChI=1S/C21H19BrN6O/c1-4-28(19-18-17(22)10-14(11-23)27(18)8-7-24-19)25-12-13-5-6-15-16(9-13)21(2,3)26-20(15)29/h5-10,12H,4H2,1-3H3,(H,26,29)/b25-12+. The Morgan fingerprint density at radius 2 is 2.21 bits per heavy atom. The van der Waals surface area contributed by atoms with Crippen LogP contribution in [0.1, 0.15) is 48.0 Å². The molecule has 8 heteroatoms. The molecular formula is C21H19BrN6O. The van der Waals surface area contributed by atoms with E-state index in [0.29, 0.717) is 23.6 Å². The van der Waals surface area contributed by atoms with Crippen molar-refractivity contribution in [2.75, 3.05) is 11.6 Å². The lowest BCUT2D eigenvalue weighted by molar-refractivity contribution is 0.0940. The number of nitriles is 1. The second-order valence-corrected chi connectivity index (χ2v) is 8.16. The Balaban J connectivity index is 1.72. The van der Waals surface area contributed by atoms with Crippen LogP contribution in [0.5, 0.6) is 0 Å². The van der Waals surface area contributed by atoms with Crippen molar-refractivity contribution < 1.29 is 4.79 Å². The Hall–Kier alpha value is -3.18. The molecule has 0 unspecified atom stereocenters. The van der Waals surface area contributed by atoms with Gasteiger partial charge in [0, 0.05) is 29.0 Å². The minimum atomic E-state index is -0.404. The van der Waals surface area contributed by atoms with Crippen LogP contribution >= 0.6 is 15.9 Å². The lowest BCUT2D eigenvalue weighted by atomic mass is 9.93. The van der Waals surface area contributed by atoms with E-state index in [-0.39, 0.29) is 5.91 Å². The van der Waals surface area contributed by atoms with Gasteiger partial charge in [0.2, 0.25) is 0 Å². The number of hydrogen-bond acceptors (Lipinski definition) is 5. The molecule has 3 heterocycles. The summed E-state index contributed by atoms with van der Waals surface area (Å²) in [6, 6.07) is 9.65. The second kappa shape index (κ2) is 7.01. The van der Waals surface area contributed by atoms with E-state index in [1.165, 1.54) is 0 Å². The van der Waals surface area contributed by atoms with Crippen molar-refractivity contribution >= 4 is 39.4 Å². The van der Waals surface area contributed by atoms with Gasteiger partial charge in [-0.25, -0.2) is 9.99 Å². The molecule has 4 rings (SSSR count). The van der Waals surface area contributed by atoms with Crippen LogP contribution in [0.15, 0.2) is 46.2 Å². The highest BCUT2D eigenvalue weighted by molar-refractivity contribution is 9.10. The number of nitrogens with one attached hydrogen (secondary N) is 1. The lowest BCUT2D eigenvalue weighted by Crippen LogP contribution is -2.32. The molecule has 0 saturated carbocycles. The van der Waals surface area contributed by atoms with Crippen molar-refractivity contribution in [3.63, 3.8) is 0 Å². The Morgan fingerprint density at radius 1 is 1.41 bits per heavy atom. The molecule has 7 nitrogen and oxygen atoms in total. The summed E-state index contributed by atoms with van der Waals surface area (Å²) in [5.41, 5.74) is 3.46. The first kappa shape index (κ1) is 19.2. The number of hydrazone groups is 1. The van der Waals surface area contributed by atoms with E-state index < -0.39 is 5.54 Å². The molecule has 0 saturated heterocycles. The number of hydrogen-bond donors (Lipinski definition) is 1. The summed E-state index contributed by atoms with van der Waals surface area (Å²) in [5, 5.41) is 18.7. The largest absolute Gasteiger partial charge is 0.343 e. The summed E-state index contributed by atoms with van der Waals surface area (Å²) in [7, 11) is 0. The summed E-state index contributed by atoms with van der Waals surface area (Å²) >= 11 is 3.53. The number of amides is 1. The van der Waals surface area contributed by atoms with Gasteiger partial charge in [-0.1, -0.05) is 6.07 Å². The zero-order valence-electron chi connectivity index (χ0n) is 16.3. The highest BCUT2D eigenvalue weighted by Gasteiger charge is 2.34. The summed E-state index contributed by atoms with van der Waals surface area (Å²) in [4.78, 5) is 16.6. The van der Waals surface area contributed by atoms with Gasteiger partial charge in [-0.05, 0) is 66.0 Å². The third-order valence-corrected chi connectivity index (χ3v) is 5.61. The van der Waals surface area contributed by atoms with Crippen LogP contribution in [0.2, 0.25) is 0 Å². The minimum Gasteiger partial charge on any atom is -0.343 e. The SMILES string of the molecule is CCN(/N=C/c1ccc2c(c1)C(C)(C)NC2=O)c1nccn2c(C#N)cc(Br)c12. The highest BCUT2D eigenvalue weighted by Crippen LogP contribution is 2.32. The van der Waals surface area contributed by atoms with Gasteiger partial charge in [-0.15, -0.1) is 0 Å². The fourth-order valence-corrected chi connectivity index (χ4v) is 4.15. The molecule has 0 radical (unpaired) electrons. The molecule has 1 aliphatic heterocycles.